The molecule has 1 amide bonds. The number of anilines is 2. The highest BCUT2D eigenvalue weighted by atomic mass is 32.1. The SMILES string of the molecule is CCOC(=O)c1cc(-c2ccccc2)sc1NC(=O)CN1CCN(c2cccc(OC)c2)CC1. The molecule has 0 unspecified atom stereocenters. The Labute approximate surface area is 203 Å². The van der Waals surface area contributed by atoms with E-state index >= 15 is 0 Å². The summed E-state index contributed by atoms with van der Waals surface area (Å²) in [7, 11) is 1.67. The first-order chi connectivity index (χ1) is 16.6. The molecule has 0 spiro atoms. The molecule has 2 heterocycles. The van der Waals surface area contributed by atoms with Crippen LogP contribution in [-0.2, 0) is 9.53 Å². The molecule has 1 saturated heterocycles. The number of hydrogen-bond acceptors (Lipinski definition) is 7. The average molecular weight is 480 g/mol. The van der Waals surface area contributed by atoms with Gasteiger partial charge in [0.2, 0.25) is 5.91 Å². The Balaban J connectivity index is 1.39. The van der Waals surface area contributed by atoms with E-state index in [2.05, 4.69) is 21.2 Å². The molecular formula is C26H29N3O4S. The maximum absolute atomic E-state index is 12.9. The Bertz CT molecular complexity index is 1120. The van der Waals surface area contributed by atoms with Gasteiger partial charge in [-0.25, -0.2) is 4.79 Å². The maximum atomic E-state index is 12.9. The van der Waals surface area contributed by atoms with Gasteiger partial charge in [0, 0.05) is 42.8 Å². The number of carbonyl (C=O) groups excluding carboxylic acids is 2. The fraction of sp³-hybridized carbons (Fsp3) is 0.308. The van der Waals surface area contributed by atoms with Crippen molar-refractivity contribution in [3.05, 3.63) is 66.2 Å². The van der Waals surface area contributed by atoms with E-state index in [9.17, 15) is 9.59 Å². The van der Waals surface area contributed by atoms with Gasteiger partial charge >= 0.3 is 5.97 Å². The minimum absolute atomic E-state index is 0.137. The van der Waals surface area contributed by atoms with Crippen LogP contribution < -0.4 is 15.0 Å². The zero-order valence-corrected chi connectivity index (χ0v) is 20.3. The predicted molar refractivity (Wildman–Crippen MR) is 136 cm³/mol. The van der Waals surface area contributed by atoms with E-state index in [0.717, 1.165) is 48.1 Å². The Kier molecular flexibility index (Phi) is 7.82. The summed E-state index contributed by atoms with van der Waals surface area (Å²) in [5.41, 5.74) is 2.50. The number of methoxy groups -OCH3 is 1. The first kappa shape index (κ1) is 23.8. The molecule has 2 aromatic carbocycles. The van der Waals surface area contributed by atoms with Crippen molar-refractivity contribution in [2.75, 3.05) is 56.7 Å². The van der Waals surface area contributed by atoms with Crippen LogP contribution in [0.3, 0.4) is 0 Å². The summed E-state index contributed by atoms with van der Waals surface area (Å²) in [6, 6.07) is 19.6. The zero-order valence-electron chi connectivity index (χ0n) is 19.5. The number of thiophene rings is 1. The van der Waals surface area contributed by atoms with Gasteiger partial charge in [-0.05, 0) is 30.7 Å². The number of nitrogens with zero attached hydrogens (tertiary/aromatic N) is 2. The lowest BCUT2D eigenvalue weighted by molar-refractivity contribution is -0.117. The monoisotopic (exact) mass is 479 g/mol. The van der Waals surface area contributed by atoms with Gasteiger partial charge in [0.1, 0.15) is 10.8 Å². The van der Waals surface area contributed by atoms with E-state index in [1.165, 1.54) is 11.3 Å². The average Bonchev–Trinajstić information content (AvgIpc) is 3.29. The summed E-state index contributed by atoms with van der Waals surface area (Å²) in [4.78, 5) is 30.7. The van der Waals surface area contributed by atoms with E-state index < -0.39 is 5.97 Å². The van der Waals surface area contributed by atoms with Crippen molar-refractivity contribution in [3.8, 4) is 16.2 Å². The van der Waals surface area contributed by atoms with Gasteiger partial charge in [0.25, 0.3) is 0 Å². The van der Waals surface area contributed by atoms with Crippen molar-refractivity contribution in [1.29, 1.82) is 0 Å². The second-order valence-corrected chi connectivity index (χ2v) is 9.00. The van der Waals surface area contributed by atoms with Gasteiger partial charge in [0.15, 0.2) is 0 Å². The highest BCUT2D eigenvalue weighted by molar-refractivity contribution is 7.20. The Morgan fingerprint density at radius 1 is 1.00 bits per heavy atom. The van der Waals surface area contributed by atoms with E-state index in [1.807, 2.05) is 48.5 Å². The molecule has 1 N–H and O–H groups in total. The van der Waals surface area contributed by atoms with Gasteiger partial charge < -0.3 is 19.7 Å². The lowest BCUT2D eigenvalue weighted by atomic mass is 10.1. The Morgan fingerprint density at radius 3 is 2.47 bits per heavy atom. The highest BCUT2D eigenvalue weighted by Gasteiger charge is 2.23. The highest BCUT2D eigenvalue weighted by Crippen LogP contribution is 2.36. The minimum Gasteiger partial charge on any atom is -0.497 e. The van der Waals surface area contributed by atoms with Crippen molar-refractivity contribution in [1.82, 2.24) is 4.90 Å². The van der Waals surface area contributed by atoms with Crippen LogP contribution in [0.2, 0.25) is 0 Å². The molecule has 1 aromatic heterocycles. The Morgan fingerprint density at radius 2 is 1.76 bits per heavy atom. The third-order valence-corrected chi connectivity index (χ3v) is 6.80. The molecule has 4 rings (SSSR count). The lowest BCUT2D eigenvalue weighted by Crippen LogP contribution is -2.48. The van der Waals surface area contributed by atoms with Crippen LogP contribution in [-0.4, -0.2) is 63.2 Å². The summed E-state index contributed by atoms with van der Waals surface area (Å²) in [5, 5.41) is 3.48. The standard InChI is InChI=1S/C26H29N3O4S/c1-3-33-26(31)22-17-23(19-8-5-4-6-9-19)34-25(22)27-24(30)18-28-12-14-29(15-13-28)20-10-7-11-21(16-20)32-2/h4-11,16-17H,3,12-15,18H2,1-2H3,(H,27,30). The van der Waals surface area contributed by atoms with Crippen molar-refractivity contribution < 1.29 is 19.1 Å². The number of ether oxygens (including phenoxy) is 2. The topological polar surface area (TPSA) is 71.1 Å². The first-order valence-electron chi connectivity index (χ1n) is 11.3. The smallest absolute Gasteiger partial charge is 0.341 e. The number of esters is 1. The number of piperazine rings is 1. The van der Waals surface area contributed by atoms with E-state index in [-0.39, 0.29) is 19.1 Å². The van der Waals surface area contributed by atoms with Crippen molar-refractivity contribution in [2.45, 2.75) is 6.92 Å². The number of carbonyl (C=O) groups is 2. The minimum atomic E-state index is -0.428. The number of rotatable bonds is 8. The quantitative estimate of drug-likeness (QED) is 0.484. The fourth-order valence-electron chi connectivity index (χ4n) is 3.93. The fourth-order valence-corrected chi connectivity index (χ4v) is 5.00. The second-order valence-electron chi connectivity index (χ2n) is 7.95. The van der Waals surface area contributed by atoms with Crippen LogP contribution in [0.15, 0.2) is 60.7 Å². The summed E-state index contributed by atoms with van der Waals surface area (Å²) in [6.45, 7) is 5.51. The molecular weight excluding hydrogens is 450 g/mol. The van der Waals surface area contributed by atoms with Gasteiger partial charge in [-0.15, -0.1) is 11.3 Å². The molecule has 1 aliphatic rings. The van der Waals surface area contributed by atoms with Crippen molar-refractivity contribution in [3.63, 3.8) is 0 Å². The van der Waals surface area contributed by atoms with Crippen LogP contribution in [0, 0.1) is 0 Å². The van der Waals surface area contributed by atoms with E-state index in [4.69, 9.17) is 9.47 Å². The van der Waals surface area contributed by atoms with Crippen molar-refractivity contribution in [2.24, 2.45) is 0 Å². The molecule has 1 fully saturated rings. The predicted octanol–water partition coefficient (Wildman–Crippen LogP) is 4.36. The summed E-state index contributed by atoms with van der Waals surface area (Å²) in [6.07, 6.45) is 0. The second kappa shape index (κ2) is 11.2. The van der Waals surface area contributed by atoms with Crippen LogP contribution >= 0.6 is 11.3 Å². The van der Waals surface area contributed by atoms with Gasteiger partial charge in [0.05, 0.1) is 25.8 Å². The van der Waals surface area contributed by atoms with Gasteiger partial charge in [-0.3, -0.25) is 9.69 Å². The molecule has 0 bridgehead atoms. The van der Waals surface area contributed by atoms with Crippen LogP contribution in [0.1, 0.15) is 17.3 Å². The maximum Gasteiger partial charge on any atom is 0.341 e. The number of nitrogens with one attached hydrogen (secondary N) is 1. The Hall–Kier alpha value is -3.36. The molecule has 1 aliphatic heterocycles. The van der Waals surface area contributed by atoms with Crippen LogP contribution in [0.4, 0.5) is 10.7 Å². The molecule has 0 aliphatic carbocycles. The summed E-state index contributed by atoms with van der Waals surface area (Å²) in [5.74, 6) is 0.271. The third kappa shape index (κ3) is 5.76. The number of hydrogen-bond donors (Lipinski definition) is 1. The van der Waals surface area contributed by atoms with Gasteiger partial charge in [-0.1, -0.05) is 36.4 Å². The van der Waals surface area contributed by atoms with Crippen LogP contribution in [0.5, 0.6) is 5.75 Å². The lowest BCUT2D eigenvalue weighted by Gasteiger charge is -2.35. The first-order valence-corrected chi connectivity index (χ1v) is 12.2. The normalized spacial score (nSPS) is 14.0. The molecule has 8 heteroatoms. The third-order valence-electron chi connectivity index (χ3n) is 5.70. The van der Waals surface area contributed by atoms with Gasteiger partial charge in [-0.2, -0.15) is 0 Å². The number of amides is 1. The molecule has 34 heavy (non-hydrogen) atoms. The van der Waals surface area contributed by atoms with Crippen molar-refractivity contribution >= 4 is 33.9 Å². The zero-order chi connectivity index (χ0) is 23.9. The van der Waals surface area contributed by atoms with E-state index in [1.54, 1.807) is 20.1 Å². The molecule has 178 valence electrons. The molecule has 0 atom stereocenters. The largest absolute Gasteiger partial charge is 0.497 e. The number of benzene rings is 2. The molecule has 0 radical (unpaired) electrons. The summed E-state index contributed by atoms with van der Waals surface area (Å²) < 4.78 is 10.5. The molecule has 0 saturated carbocycles. The van der Waals surface area contributed by atoms with Crippen LogP contribution in [0.25, 0.3) is 10.4 Å². The molecule has 7 nitrogen and oxygen atoms in total. The van der Waals surface area contributed by atoms with E-state index in [0.29, 0.717) is 10.6 Å². The molecule has 3 aromatic rings. The summed E-state index contributed by atoms with van der Waals surface area (Å²) >= 11 is 1.39.